The number of fused-ring (bicyclic) bond motifs is 1. The van der Waals surface area contributed by atoms with Gasteiger partial charge in [-0.15, -0.1) is 0 Å². The number of aliphatic carboxylic acids is 1. The Morgan fingerprint density at radius 3 is 2.96 bits per heavy atom. The van der Waals surface area contributed by atoms with Gasteiger partial charge in [-0.25, -0.2) is 0 Å². The second kappa shape index (κ2) is 10.1. The summed E-state index contributed by atoms with van der Waals surface area (Å²) in [6.45, 7) is 2.83. The standard InChI is InChI=1S/C20H33NO4/c1-2-3-4-5-16(22)6-7-17-18-11-14(8-9-21-13-20(24)25)10-15(18)12-19(17)23/h6-7,10,15-19,21-23H,2-5,8-9,11-13H2,1H3,(H,24,25)/b7-6+/t15?,16-,17+,18-,19+/m0/s1. The van der Waals surface area contributed by atoms with E-state index in [0.29, 0.717) is 18.4 Å². The first-order valence-corrected chi connectivity index (χ1v) is 9.67. The Morgan fingerprint density at radius 2 is 2.24 bits per heavy atom. The maximum atomic E-state index is 10.5. The molecule has 0 aromatic rings. The van der Waals surface area contributed by atoms with Gasteiger partial charge in [-0.1, -0.05) is 50.0 Å². The summed E-state index contributed by atoms with van der Waals surface area (Å²) >= 11 is 0. The Morgan fingerprint density at radius 1 is 1.44 bits per heavy atom. The van der Waals surface area contributed by atoms with Gasteiger partial charge in [0, 0.05) is 5.92 Å². The minimum Gasteiger partial charge on any atom is -0.480 e. The van der Waals surface area contributed by atoms with Crippen LogP contribution in [0.4, 0.5) is 0 Å². The Kier molecular flexibility index (Phi) is 8.13. The summed E-state index contributed by atoms with van der Waals surface area (Å²) in [5.41, 5.74) is 1.36. The maximum absolute atomic E-state index is 10.5. The molecule has 0 amide bonds. The van der Waals surface area contributed by atoms with E-state index in [1.54, 1.807) is 0 Å². The number of carboxylic acids is 1. The van der Waals surface area contributed by atoms with Gasteiger partial charge in [0.2, 0.25) is 0 Å². The highest BCUT2D eigenvalue weighted by atomic mass is 16.4. The Bertz CT molecular complexity index is 488. The van der Waals surface area contributed by atoms with E-state index < -0.39 is 12.1 Å². The maximum Gasteiger partial charge on any atom is 0.317 e. The van der Waals surface area contributed by atoms with Crippen molar-refractivity contribution >= 4 is 5.97 Å². The molecule has 0 spiro atoms. The van der Waals surface area contributed by atoms with Gasteiger partial charge in [-0.05, 0) is 44.1 Å². The van der Waals surface area contributed by atoms with E-state index in [1.807, 2.05) is 12.2 Å². The van der Waals surface area contributed by atoms with E-state index in [4.69, 9.17) is 5.11 Å². The molecule has 2 aliphatic carbocycles. The highest BCUT2D eigenvalue weighted by molar-refractivity contribution is 5.68. The van der Waals surface area contributed by atoms with Gasteiger partial charge < -0.3 is 20.6 Å². The molecule has 0 aromatic heterocycles. The van der Waals surface area contributed by atoms with Gasteiger partial charge in [-0.3, -0.25) is 4.79 Å². The molecular weight excluding hydrogens is 318 g/mol. The molecule has 0 bridgehead atoms. The fourth-order valence-corrected chi connectivity index (χ4v) is 4.19. The number of nitrogens with one attached hydrogen (secondary N) is 1. The molecule has 25 heavy (non-hydrogen) atoms. The van der Waals surface area contributed by atoms with Crippen LogP contribution in [0.1, 0.15) is 51.9 Å². The van der Waals surface area contributed by atoms with Crippen LogP contribution in [-0.2, 0) is 4.79 Å². The molecule has 5 nitrogen and oxygen atoms in total. The van der Waals surface area contributed by atoms with Crippen molar-refractivity contribution in [2.24, 2.45) is 17.8 Å². The Balaban J connectivity index is 1.78. The molecule has 0 radical (unpaired) electrons. The third-order valence-electron chi connectivity index (χ3n) is 5.51. The molecule has 1 saturated carbocycles. The van der Waals surface area contributed by atoms with E-state index in [2.05, 4.69) is 18.3 Å². The number of hydrogen-bond donors (Lipinski definition) is 4. The lowest BCUT2D eigenvalue weighted by atomic mass is 9.88. The van der Waals surface area contributed by atoms with Crippen molar-refractivity contribution < 1.29 is 20.1 Å². The number of allylic oxidation sites excluding steroid dienone is 1. The molecule has 1 fully saturated rings. The van der Waals surface area contributed by atoms with E-state index in [1.165, 1.54) is 5.57 Å². The number of aliphatic hydroxyl groups is 2. The highest BCUT2D eigenvalue weighted by Gasteiger charge is 2.43. The van der Waals surface area contributed by atoms with Crippen molar-refractivity contribution in [2.45, 2.75) is 64.1 Å². The predicted octanol–water partition coefficient (Wildman–Crippen LogP) is 2.49. The van der Waals surface area contributed by atoms with Gasteiger partial charge in [0.25, 0.3) is 0 Å². The zero-order valence-corrected chi connectivity index (χ0v) is 15.2. The first-order chi connectivity index (χ1) is 12.0. The number of rotatable bonds is 11. The second-order valence-electron chi connectivity index (χ2n) is 7.51. The molecule has 4 N–H and O–H groups in total. The van der Waals surface area contributed by atoms with Crippen LogP contribution in [0.3, 0.4) is 0 Å². The second-order valence-corrected chi connectivity index (χ2v) is 7.51. The largest absolute Gasteiger partial charge is 0.480 e. The molecule has 0 saturated heterocycles. The number of carboxylic acid groups (broad SMARTS) is 1. The molecule has 2 rings (SSSR count). The van der Waals surface area contributed by atoms with Crippen LogP contribution in [0.25, 0.3) is 0 Å². The van der Waals surface area contributed by atoms with Gasteiger partial charge in [-0.2, -0.15) is 0 Å². The van der Waals surface area contributed by atoms with Crippen molar-refractivity contribution in [3.8, 4) is 0 Å². The topological polar surface area (TPSA) is 89.8 Å². The lowest BCUT2D eigenvalue weighted by molar-refractivity contribution is -0.135. The van der Waals surface area contributed by atoms with Crippen LogP contribution in [-0.4, -0.2) is 46.6 Å². The van der Waals surface area contributed by atoms with Crippen molar-refractivity contribution in [3.05, 3.63) is 23.8 Å². The normalized spacial score (nSPS) is 29.8. The lowest BCUT2D eigenvalue weighted by Gasteiger charge is -2.19. The molecule has 142 valence electrons. The summed E-state index contributed by atoms with van der Waals surface area (Å²) in [6, 6.07) is 0. The summed E-state index contributed by atoms with van der Waals surface area (Å²) < 4.78 is 0. The minimum absolute atomic E-state index is 0.000133. The molecule has 5 heteroatoms. The van der Waals surface area contributed by atoms with Crippen LogP contribution in [0.15, 0.2) is 23.8 Å². The quantitative estimate of drug-likeness (QED) is 0.339. The molecule has 2 aliphatic rings. The van der Waals surface area contributed by atoms with Crippen LogP contribution in [0.5, 0.6) is 0 Å². The van der Waals surface area contributed by atoms with Gasteiger partial charge >= 0.3 is 5.97 Å². The fourth-order valence-electron chi connectivity index (χ4n) is 4.19. The summed E-state index contributed by atoms with van der Waals surface area (Å²) in [6.07, 6.45) is 12.2. The average molecular weight is 351 g/mol. The molecule has 0 heterocycles. The zero-order valence-electron chi connectivity index (χ0n) is 15.2. The third-order valence-corrected chi connectivity index (χ3v) is 5.51. The van der Waals surface area contributed by atoms with E-state index in [0.717, 1.165) is 44.9 Å². The van der Waals surface area contributed by atoms with Gasteiger partial charge in [0.15, 0.2) is 0 Å². The summed E-state index contributed by atoms with van der Waals surface area (Å²) in [5.74, 6) is 0.120. The predicted molar refractivity (Wildman–Crippen MR) is 98.2 cm³/mol. The van der Waals surface area contributed by atoms with Crippen molar-refractivity contribution in [1.82, 2.24) is 5.32 Å². The fraction of sp³-hybridized carbons (Fsp3) is 0.750. The summed E-state index contributed by atoms with van der Waals surface area (Å²) in [4.78, 5) is 10.5. The Labute approximate surface area is 150 Å². The third kappa shape index (κ3) is 6.24. The van der Waals surface area contributed by atoms with E-state index in [9.17, 15) is 15.0 Å². The van der Waals surface area contributed by atoms with Crippen LogP contribution >= 0.6 is 0 Å². The molecule has 0 aromatic carbocycles. The van der Waals surface area contributed by atoms with E-state index in [-0.39, 0.29) is 18.6 Å². The molecule has 5 atom stereocenters. The van der Waals surface area contributed by atoms with E-state index >= 15 is 0 Å². The first kappa shape index (κ1) is 20.1. The van der Waals surface area contributed by atoms with Crippen molar-refractivity contribution in [2.75, 3.05) is 13.1 Å². The molecule has 0 aliphatic heterocycles. The number of aliphatic hydroxyl groups excluding tert-OH is 2. The van der Waals surface area contributed by atoms with Gasteiger partial charge in [0.05, 0.1) is 18.8 Å². The molecular formula is C20H33NO4. The van der Waals surface area contributed by atoms with Crippen LogP contribution in [0, 0.1) is 17.8 Å². The summed E-state index contributed by atoms with van der Waals surface area (Å²) in [5, 5.41) is 32.0. The minimum atomic E-state index is -0.830. The lowest BCUT2D eigenvalue weighted by Crippen LogP contribution is -2.23. The highest BCUT2D eigenvalue weighted by Crippen LogP contribution is 2.47. The van der Waals surface area contributed by atoms with Crippen molar-refractivity contribution in [3.63, 3.8) is 0 Å². The first-order valence-electron chi connectivity index (χ1n) is 9.67. The van der Waals surface area contributed by atoms with Crippen LogP contribution in [0.2, 0.25) is 0 Å². The summed E-state index contributed by atoms with van der Waals surface area (Å²) in [7, 11) is 0. The zero-order chi connectivity index (χ0) is 18.2. The number of hydrogen-bond acceptors (Lipinski definition) is 4. The number of unbranched alkanes of at least 4 members (excludes halogenated alkanes) is 2. The Hall–Kier alpha value is -1.17. The van der Waals surface area contributed by atoms with Gasteiger partial charge in [0.1, 0.15) is 0 Å². The average Bonchev–Trinajstić information content (AvgIpc) is 3.06. The van der Waals surface area contributed by atoms with Crippen LogP contribution < -0.4 is 5.32 Å². The smallest absolute Gasteiger partial charge is 0.317 e. The monoisotopic (exact) mass is 351 g/mol. The number of carbonyl (C=O) groups is 1. The van der Waals surface area contributed by atoms with Crippen molar-refractivity contribution in [1.29, 1.82) is 0 Å². The molecule has 1 unspecified atom stereocenters. The SMILES string of the molecule is CCCCC[C@H](O)/C=C/[C@H]1[C@H](O)CC2C=C(CCNCC(=O)O)C[C@@H]21.